The molecule has 0 amide bonds. The third kappa shape index (κ3) is 46.6. The molecule has 58 heavy (non-hydrogen) atoms. The van der Waals surface area contributed by atoms with E-state index in [2.05, 4.69) is 13.8 Å². The summed E-state index contributed by atoms with van der Waals surface area (Å²) in [5, 5.41) is 0. The van der Waals surface area contributed by atoms with E-state index in [4.69, 9.17) is 18.5 Å². The van der Waals surface area contributed by atoms with Crippen LogP contribution in [0.3, 0.4) is 0 Å². The van der Waals surface area contributed by atoms with E-state index in [1.807, 2.05) is 21.1 Å². The standard InChI is InChI=1S/C49H100NO7P/c1-6-8-10-12-14-16-18-20-22-24-26-28-30-32-34-36-38-40-42-49(51)57-48(47-56-58(52,53)55-45-43-50(3,4)5)46-54-44-41-39-37-35-33-31-29-27-25-23-21-19-17-15-13-11-9-7-2/h48H,6-47H2,1-5H3. The highest BCUT2D eigenvalue weighted by atomic mass is 31.2. The molecule has 0 heterocycles. The highest BCUT2D eigenvalue weighted by Crippen LogP contribution is 2.38. The average Bonchev–Trinajstić information content (AvgIpc) is 3.18. The highest BCUT2D eigenvalue weighted by molar-refractivity contribution is 7.45. The molecule has 348 valence electrons. The zero-order valence-electron chi connectivity index (χ0n) is 39.5. The van der Waals surface area contributed by atoms with Crippen LogP contribution in [-0.2, 0) is 27.9 Å². The number of ether oxygens (including phenoxy) is 2. The molecule has 0 aliphatic rings. The number of unbranched alkanes of at least 4 members (excludes halogenated alkanes) is 34. The van der Waals surface area contributed by atoms with E-state index in [0.717, 1.165) is 32.1 Å². The van der Waals surface area contributed by atoms with Gasteiger partial charge in [0.05, 0.1) is 34.4 Å². The Labute approximate surface area is 361 Å². The first-order valence-electron chi connectivity index (χ1n) is 25.3. The molecule has 0 spiro atoms. The summed E-state index contributed by atoms with van der Waals surface area (Å²) in [6, 6.07) is 0. The molecule has 0 fully saturated rings. The summed E-state index contributed by atoms with van der Waals surface area (Å²) >= 11 is 0. The highest BCUT2D eigenvalue weighted by Gasteiger charge is 2.20. The van der Waals surface area contributed by atoms with E-state index in [1.54, 1.807) is 0 Å². The van der Waals surface area contributed by atoms with Gasteiger partial charge in [-0.2, -0.15) is 0 Å². The van der Waals surface area contributed by atoms with Crippen LogP contribution in [0.5, 0.6) is 0 Å². The Morgan fingerprint density at radius 2 is 0.793 bits per heavy atom. The van der Waals surface area contributed by atoms with Gasteiger partial charge < -0.3 is 27.9 Å². The van der Waals surface area contributed by atoms with Crippen molar-refractivity contribution in [2.45, 2.75) is 258 Å². The Morgan fingerprint density at radius 1 is 0.466 bits per heavy atom. The lowest BCUT2D eigenvalue weighted by molar-refractivity contribution is -0.870. The van der Waals surface area contributed by atoms with Crippen molar-refractivity contribution in [3.05, 3.63) is 0 Å². The van der Waals surface area contributed by atoms with Crippen molar-refractivity contribution in [1.82, 2.24) is 0 Å². The van der Waals surface area contributed by atoms with Crippen molar-refractivity contribution in [3.8, 4) is 0 Å². The van der Waals surface area contributed by atoms with Crippen LogP contribution in [0.1, 0.15) is 251 Å². The number of rotatable bonds is 48. The Morgan fingerprint density at radius 3 is 1.14 bits per heavy atom. The summed E-state index contributed by atoms with van der Waals surface area (Å²) in [6.45, 7) is 5.49. The van der Waals surface area contributed by atoms with Crippen LogP contribution in [0.4, 0.5) is 0 Å². The predicted octanol–water partition coefficient (Wildman–Crippen LogP) is 14.6. The third-order valence-corrected chi connectivity index (χ3v) is 12.4. The van der Waals surface area contributed by atoms with Gasteiger partial charge >= 0.3 is 5.97 Å². The molecule has 0 saturated heterocycles. The molecular formula is C49H100NO7P. The van der Waals surface area contributed by atoms with Crippen LogP contribution >= 0.6 is 7.82 Å². The van der Waals surface area contributed by atoms with Crippen LogP contribution in [0.2, 0.25) is 0 Å². The first kappa shape index (κ1) is 57.5. The van der Waals surface area contributed by atoms with Crippen molar-refractivity contribution in [3.63, 3.8) is 0 Å². The SMILES string of the molecule is CCCCCCCCCCCCCCCCCCCCOCC(COP(=O)([O-])OCC[N+](C)(C)C)OC(=O)CCCCCCCCCCCCCCCCCCCC. The molecule has 0 aliphatic carbocycles. The smallest absolute Gasteiger partial charge is 0.306 e. The number of nitrogens with zero attached hydrogens (tertiary/aromatic N) is 1. The molecule has 0 aromatic carbocycles. The van der Waals surface area contributed by atoms with Crippen LogP contribution < -0.4 is 4.89 Å². The second-order valence-corrected chi connectivity index (χ2v) is 20.0. The first-order chi connectivity index (χ1) is 28.1. The maximum Gasteiger partial charge on any atom is 0.306 e. The summed E-state index contributed by atoms with van der Waals surface area (Å²) in [4.78, 5) is 25.1. The first-order valence-corrected chi connectivity index (χ1v) is 26.7. The minimum atomic E-state index is -4.52. The predicted molar refractivity (Wildman–Crippen MR) is 245 cm³/mol. The summed E-state index contributed by atoms with van der Waals surface area (Å²) in [5.74, 6) is -0.325. The van der Waals surface area contributed by atoms with Crippen LogP contribution in [0.15, 0.2) is 0 Å². The summed E-state index contributed by atoms with van der Waals surface area (Å²) in [7, 11) is 1.38. The number of quaternary nitrogens is 1. The van der Waals surface area contributed by atoms with Crippen molar-refractivity contribution in [1.29, 1.82) is 0 Å². The molecule has 2 unspecified atom stereocenters. The Kier molecular flexibility index (Phi) is 42.8. The molecule has 0 rings (SSSR count). The van der Waals surface area contributed by atoms with Crippen molar-refractivity contribution >= 4 is 13.8 Å². The van der Waals surface area contributed by atoms with Crippen molar-refractivity contribution < 1.29 is 37.3 Å². The van der Waals surface area contributed by atoms with Crippen LogP contribution in [0, 0.1) is 0 Å². The van der Waals surface area contributed by atoms with Gasteiger partial charge in [-0.1, -0.05) is 232 Å². The topological polar surface area (TPSA) is 94.1 Å². The maximum absolute atomic E-state index is 12.7. The van der Waals surface area contributed by atoms with Crippen LogP contribution in [0.25, 0.3) is 0 Å². The number of likely N-dealkylation sites (N-methyl/N-ethyl adjacent to an activating group) is 1. The fourth-order valence-electron chi connectivity index (χ4n) is 7.49. The van der Waals surface area contributed by atoms with Gasteiger partial charge in [-0.05, 0) is 12.8 Å². The van der Waals surface area contributed by atoms with Gasteiger partial charge in [0.2, 0.25) is 0 Å². The largest absolute Gasteiger partial charge is 0.756 e. The molecule has 0 N–H and O–H groups in total. The fraction of sp³-hybridized carbons (Fsp3) is 0.980. The normalized spacial score (nSPS) is 13.6. The van der Waals surface area contributed by atoms with Crippen molar-refractivity contribution in [2.75, 3.05) is 54.1 Å². The van der Waals surface area contributed by atoms with Crippen molar-refractivity contribution in [2.24, 2.45) is 0 Å². The number of hydrogen-bond acceptors (Lipinski definition) is 7. The molecule has 0 saturated carbocycles. The van der Waals surface area contributed by atoms with Gasteiger partial charge in [0.15, 0.2) is 0 Å². The lowest BCUT2D eigenvalue weighted by Crippen LogP contribution is -2.37. The summed E-state index contributed by atoms with van der Waals surface area (Å²) in [5.41, 5.74) is 0. The Balaban J connectivity index is 4.10. The molecule has 0 radical (unpaired) electrons. The molecule has 0 aromatic rings. The van der Waals surface area contributed by atoms with Gasteiger partial charge in [0.1, 0.15) is 19.3 Å². The fourth-order valence-corrected chi connectivity index (χ4v) is 8.22. The van der Waals surface area contributed by atoms with Gasteiger partial charge in [0, 0.05) is 13.0 Å². The lowest BCUT2D eigenvalue weighted by atomic mass is 10.0. The average molecular weight is 846 g/mol. The number of phosphoric acid groups is 1. The zero-order valence-corrected chi connectivity index (χ0v) is 40.4. The quantitative estimate of drug-likeness (QED) is 0.0260. The Hall–Kier alpha value is -0.500. The van der Waals surface area contributed by atoms with Crippen LogP contribution in [-0.4, -0.2) is 70.7 Å². The molecule has 0 aliphatic heterocycles. The van der Waals surface area contributed by atoms with Gasteiger partial charge in [-0.3, -0.25) is 9.36 Å². The lowest BCUT2D eigenvalue weighted by Gasteiger charge is -2.28. The molecular weight excluding hydrogens is 746 g/mol. The second-order valence-electron chi connectivity index (χ2n) is 18.5. The summed E-state index contributed by atoms with van der Waals surface area (Å²) < 4.78 is 34.7. The molecule has 2 atom stereocenters. The van der Waals surface area contributed by atoms with Gasteiger partial charge in [-0.25, -0.2) is 0 Å². The minimum Gasteiger partial charge on any atom is -0.756 e. The molecule has 9 heteroatoms. The van der Waals surface area contributed by atoms with E-state index in [1.165, 1.54) is 199 Å². The monoisotopic (exact) mass is 846 g/mol. The number of hydrogen-bond donors (Lipinski definition) is 0. The molecule has 0 aromatic heterocycles. The van der Waals surface area contributed by atoms with Gasteiger partial charge in [0.25, 0.3) is 7.82 Å². The van der Waals surface area contributed by atoms with E-state index < -0.39 is 13.9 Å². The molecule has 8 nitrogen and oxygen atoms in total. The van der Waals surface area contributed by atoms with E-state index in [0.29, 0.717) is 24.1 Å². The molecule has 0 bridgehead atoms. The number of esters is 1. The maximum atomic E-state index is 12.7. The second kappa shape index (κ2) is 43.2. The number of carbonyl (C=O) groups excluding carboxylic acids is 1. The summed E-state index contributed by atoms with van der Waals surface area (Å²) in [6.07, 6.45) is 46.9. The van der Waals surface area contributed by atoms with E-state index in [-0.39, 0.29) is 25.8 Å². The third-order valence-electron chi connectivity index (χ3n) is 11.4. The number of phosphoric ester groups is 1. The number of carbonyl (C=O) groups is 1. The zero-order chi connectivity index (χ0) is 42.7. The van der Waals surface area contributed by atoms with Gasteiger partial charge in [-0.15, -0.1) is 0 Å². The Bertz CT molecular complexity index is 899. The minimum absolute atomic E-state index is 0.0317. The van der Waals surface area contributed by atoms with E-state index >= 15 is 0 Å². The van der Waals surface area contributed by atoms with E-state index in [9.17, 15) is 14.3 Å².